The standard InChI is InChI=1S/C5H10O3.C2H4O2.CHCl3/c1-2-8-5(7)3-4-6;1-2(3)4;2-1(3)4/h6H,2-4H2,1H3;1H3,(H,3,4);1H. The molecule has 0 aromatic carbocycles. The number of rotatable bonds is 3. The van der Waals surface area contributed by atoms with E-state index in [0.29, 0.717) is 6.61 Å². The van der Waals surface area contributed by atoms with Gasteiger partial charge < -0.3 is 14.9 Å². The Balaban J connectivity index is -0.000000179. The number of hydrogen-bond donors (Lipinski definition) is 2. The second-order valence-electron chi connectivity index (χ2n) is 2.05. The maximum atomic E-state index is 10.3. The van der Waals surface area contributed by atoms with Crippen LogP contribution in [0.3, 0.4) is 0 Å². The lowest BCUT2D eigenvalue weighted by atomic mass is 10.5. The van der Waals surface area contributed by atoms with Crippen molar-refractivity contribution >= 4 is 46.7 Å². The van der Waals surface area contributed by atoms with Crippen molar-refractivity contribution in [3.63, 3.8) is 0 Å². The minimum atomic E-state index is -0.833. The van der Waals surface area contributed by atoms with Crippen LogP contribution in [-0.4, -0.2) is 39.7 Å². The van der Waals surface area contributed by atoms with E-state index in [1.54, 1.807) is 6.92 Å². The molecule has 8 heteroatoms. The Morgan fingerprint density at radius 2 is 1.62 bits per heavy atom. The van der Waals surface area contributed by atoms with E-state index in [1.807, 2.05) is 0 Å². The third-order valence-electron chi connectivity index (χ3n) is 0.621. The zero-order valence-corrected chi connectivity index (χ0v) is 11.2. The van der Waals surface area contributed by atoms with Crippen molar-refractivity contribution in [2.45, 2.75) is 24.6 Å². The van der Waals surface area contributed by atoms with E-state index in [-0.39, 0.29) is 19.0 Å². The number of halogens is 3. The number of esters is 1. The Morgan fingerprint density at radius 3 is 1.81 bits per heavy atom. The molecule has 0 spiro atoms. The highest BCUT2D eigenvalue weighted by molar-refractivity contribution is 6.63. The molecule has 0 bridgehead atoms. The molecule has 0 saturated heterocycles. The number of carboxylic acid groups (broad SMARTS) is 1. The monoisotopic (exact) mass is 296 g/mol. The molecular formula is C8H15Cl3O5. The fourth-order valence-corrected chi connectivity index (χ4v) is 0.324. The molecule has 0 saturated carbocycles. The van der Waals surface area contributed by atoms with Gasteiger partial charge in [0.25, 0.3) is 5.97 Å². The summed E-state index contributed by atoms with van der Waals surface area (Å²) in [6.45, 7) is 3.08. The molecule has 0 heterocycles. The molecule has 5 nitrogen and oxygen atoms in total. The lowest BCUT2D eigenvalue weighted by Crippen LogP contribution is -2.05. The van der Waals surface area contributed by atoms with E-state index < -0.39 is 10.3 Å². The van der Waals surface area contributed by atoms with Crippen LogP contribution in [0.4, 0.5) is 0 Å². The van der Waals surface area contributed by atoms with Gasteiger partial charge in [-0.1, -0.05) is 34.8 Å². The minimum absolute atomic E-state index is 0.105. The average molecular weight is 298 g/mol. The molecule has 98 valence electrons. The first-order chi connectivity index (χ1) is 7.27. The van der Waals surface area contributed by atoms with E-state index in [2.05, 4.69) is 4.74 Å². The first-order valence-electron chi connectivity index (χ1n) is 4.16. The number of carbonyl (C=O) groups excluding carboxylic acids is 1. The van der Waals surface area contributed by atoms with Gasteiger partial charge in [0.2, 0.25) is 0 Å². The summed E-state index contributed by atoms with van der Waals surface area (Å²) in [6.07, 6.45) is 0.105. The van der Waals surface area contributed by atoms with E-state index >= 15 is 0 Å². The van der Waals surface area contributed by atoms with Gasteiger partial charge in [0.05, 0.1) is 19.6 Å². The number of ether oxygens (including phenoxy) is 1. The van der Waals surface area contributed by atoms with Crippen LogP contribution in [-0.2, 0) is 14.3 Å². The van der Waals surface area contributed by atoms with Gasteiger partial charge >= 0.3 is 5.97 Å². The van der Waals surface area contributed by atoms with Gasteiger partial charge in [-0.05, 0) is 6.92 Å². The summed E-state index contributed by atoms with van der Waals surface area (Å²) in [5, 5.41) is 15.6. The highest BCUT2D eigenvalue weighted by Gasteiger charge is 1.96. The summed E-state index contributed by atoms with van der Waals surface area (Å²) in [6, 6.07) is 0. The van der Waals surface area contributed by atoms with Crippen molar-refractivity contribution in [1.29, 1.82) is 0 Å². The Bertz CT molecular complexity index is 160. The summed E-state index contributed by atoms with van der Waals surface area (Å²) >= 11 is 14.4. The summed E-state index contributed by atoms with van der Waals surface area (Å²) in [7, 11) is 0. The topological polar surface area (TPSA) is 83.8 Å². The zero-order chi connectivity index (χ0) is 13.6. The van der Waals surface area contributed by atoms with Crippen molar-refractivity contribution in [2.24, 2.45) is 0 Å². The first kappa shape index (κ1) is 21.1. The fourth-order valence-electron chi connectivity index (χ4n) is 0.324. The molecule has 16 heavy (non-hydrogen) atoms. The Morgan fingerprint density at radius 1 is 1.31 bits per heavy atom. The smallest absolute Gasteiger partial charge is 0.308 e. The second-order valence-corrected chi connectivity index (χ2v) is 4.02. The van der Waals surface area contributed by atoms with Crippen LogP contribution in [0.1, 0.15) is 20.3 Å². The molecule has 0 amide bonds. The van der Waals surface area contributed by atoms with Gasteiger partial charge in [0.1, 0.15) is 0 Å². The number of aliphatic hydroxyl groups is 1. The quantitative estimate of drug-likeness (QED) is 0.615. The third-order valence-corrected chi connectivity index (χ3v) is 0.621. The molecule has 0 aliphatic rings. The van der Waals surface area contributed by atoms with Gasteiger partial charge in [-0.2, -0.15) is 0 Å². The van der Waals surface area contributed by atoms with E-state index in [9.17, 15) is 4.79 Å². The molecular weight excluding hydrogens is 282 g/mol. The van der Waals surface area contributed by atoms with Crippen LogP contribution >= 0.6 is 34.8 Å². The van der Waals surface area contributed by atoms with Crippen LogP contribution in [0.5, 0.6) is 0 Å². The largest absolute Gasteiger partial charge is 0.481 e. The summed E-state index contributed by atoms with van der Waals surface area (Å²) < 4.78 is 3.73. The Labute approximate surface area is 109 Å². The van der Waals surface area contributed by atoms with Gasteiger partial charge in [-0.15, -0.1) is 0 Å². The molecule has 0 atom stereocenters. The molecule has 0 aliphatic carbocycles. The van der Waals surface area contributed by atoms with Crippen LogP contribution < -0.4 is 0 Å². The van der Waals surface area contributed by atoms with E-state index in [0.717, 1.165) is 6.92 Å². The second kappa shape index (κ2) is 17.2. The Kier molecular flexibility index (Phi) is 22.6. The van der Waals surface area contributed by atoms with Gasteiger partial charge in [-0.25, -0.2) is 0 Å². The number of alkyl halides is 3. The van der Waals surface area contributed by atoms with Gasteiger partial charge in [0.15, 0.2) is 4.30 Å². The lowest BCUT2D eigenvalue weighted by Gasteiger charge is -1.96. The number of hydrogen-bond acceptors (Lipinski definition) is 4. The van der Waals surface area contributed by atoms with Crippen molar-refractivity contribution in [1.82, 2.24) is 0 Å². The van der Waals surface area contributed by atoms with Crippen molar-refractivity contribution in [2.75, 3.05) is 13.2 Å². The van der Waals surface area contributed by atoms with Crippen LogP contribution in [0.25, 0.3) is 0 Å². The summed E-state index contributed by atoms with van der Waals surface area (Å²) in [5.41, 5.74) is 0. The highest BCUT2D eigenvalue weighted by atomic mass is 35.6. The molecule has 0 aliphatic heterocycles. The number of carbonyl (C=O) groups is 2. The lowest BCUT2D eigenvalue weighted by molar-refractivity contribution is -0.143. The molecule has 0 aromatic heterocycles. The predicted molar refractivity (Wildman–Crippen MR) is 63.0 cm³/mol. The number of aliphatic carboxylic acids is 1. The zero-order valence-electron chi connectivity index (χ0n) is 8.95. The van der Waals surface area contributed by atoms with Crippen LogP contribution in [0.15, 0.2) is 0 Å². The third kappa shape index (κ3) is 67.4. The molecule has 0 radical (unpaired) electrons. The van der Waals surface area contributed by atoms with Crippen molar-refractivity contribution in [3.8, 4) is 0 Å². The molecule has 0 rings (SSSR count). The highest BCUT2D eigenvalue weighted by Crippen LogP contribution is 2.03. The van der Waals surface area contributed by atoms with Crippen LogP contribution in [0, 0.1) is 0 Å². The van der Waals surface area contributed by atoms with Crippen molar-refractivity contribution < 1.29 is 24.5 Å². The maximum Gasteiger partial charge on any atom is 0.308 e. The van der Waals surface area contributed by atoms with Crippen molar-refractivity contribution in [3.05, 3.63) is 0 Å². The molecule has 2 N–H and O–H groups in total. The minimum Gasteiger partial charge on any atom is -0.481 e. The first-order valence-corrected chi connectivity index (χ1v) is 5.47. The Hall–Kier alpha value is -0.230. The normalized spacial score (nSPS) is 8.19. The van der Waals surface area contributed by atoms with E-state index in [4.69, 9.17) is 49.8 Å². The molecule has 0 unspecified atom stereocenters. The predicted octanol–water partition coefficient (Wildman–Crippen LogP) is 2.01. The molecule has 0 aromatic rings. The molecule has 0 fully saturated rings. The average Bonchev–Trinajstić information content (AvgIpc) is 2.02. The SMILES string of the molecule is CC(=O)O.CCOC(=O)CCO.ClC(Cl)Cl. The van der Waals surface area contributed by atoms with E-state index in [1.165, 1.54) is 0 Å². The summed E-state index contributed by atoms with van der Waals surface area (Å²) in [4.78, 5) is 19.3. The summed E-state index contributed by atoms with van der Waals surface area (Å²) in [5.74, 6) is -1.17. The van der Waals surface area contributed by atoms with Crippen LogP contribution in [0.2, 0.25) is 0 Å². The fraction of sp³-hybridized carbons (Fsp3) is 0.750. The number of carboxylic acids is 1. The number of aliphatic hydroxyl groups excluding tert-OH is 1. The maximum absolute atomic E-state index is 10.3. The van der Waals surface area contributed by atoms with Gasteiger partial charge in [0, 0.05) is 6.92 Å². The van der Waals surface area contributed by atoms with Gasteiger partial charge in [-0.3, -0.25) is 9.59 Å².